The van der Waals surface area contributed by atoms with Gasteiger partial charge in [0.25, 0.3) is 20.2 Å². The lowest BCUT2D eigenvalue weighted by atomic mass is 10.3. The highest BCUT2D eigenvalue weighted by Gasteiger charge is 2.33. The monoisotopic (exact) mass is 482 g/mol. The van der Waals surface area contributed by atoms with Crippen LogP contribution in [-0.4, -0.2) is 40.2 Å². The second-order valence-electron chi connectivity index (χ2n) is 6.23. The normalized spacial score (nSPS) is 12.0. The molecule has 0 aliphatic heterocycles. The minimum Gasteiger partial charge on any atom is -0.496 e. The van der Waals surface area contributed by atoms with Crippen molar-refractivity contribution in [1.29, 1.82) is 0 Å². The molecule has 164 valence electrons. The van der Waals surface area contributed by atoms with Gasteiger partial charge in [-0.15, -0.1) is 0 Å². The summed E-state index contributed by atoms with van der Waals surface area (Å²) in [6, 6.07) is 17.3. The number of ether oxygens (including phenoxy) is 2. The average Bonchev–Trinajstić information content (AvgIpc) is 2.73. The molecular formula is C20H19O8PS2. The third-order valence-corrected chi connectivity index (χ3v) is 9.08. The van der Waals surface area contributed by atoms with Crippen molar-refractivity contribution >= 4 is 44.1 Å². The summed E-state index contributed by atoms with van der Waals surface area (Å²) in [4.78, 5) is -1.80. The smallest absolute Gasteiger partial charge is 0.296 e. The molecule has 31 heavy (non-hydrogen) atoms. The van der Waals surface area contributed by atoms with Crippen LogP contribution in [-0.2, 0) is 20.2 Å². The molecule has 0 saturated heterocycles. The molecule has 0 radical (unpaired) electrons. The van der Waals surface area contributed by atoms with Gasteiger partial charge in [-0.25, -0.2) is 0 Å². The van der Waals surface area contributed by atoms with Gasteiger partial charge in [-0.1, -0.05) is 48.5 Å². The number of rotatable bonds is 7. The molecule has 0 bridgehead atoms. The maximum atomic E-state index is 12.3. The lowest BCUT2D eigenvalue weighted by Gasteiger charge is -2.25. The van der Waals surface area contributed by atoms with E-state index in [0.29, 0.717) is 22.1 Å². The fourth-order valence-electron chi connectivity index (χ4n) is 3.16. The second kappa shape index (κ2) is 8.94. The Morgan fingerprint density at radius 2 is 1.10 bits per heavy atom. The highest BCUT2D eigenvalue weighted by molar-refractivity contribution is 7.90. The van der Waals surface area contributed by atoms with Gasteiger partial charge < -0.3 is 9.47 Å². The van der Waals surface area contributed by atoms with Crippen LogP contribution in [0.15, 0.2) is 76.5 Å². The Morgan fingerprint density at radius 3 is 1.52 bits per heavy atom. The number of para-hydroxylation sites is 2. The Balaban J connectivity index is 2.51. The summed E-state index contributed by atoms with van der Waals surface area (Å²) in [7, 11) is -8.92. The zero-order valence-corrected chi connectivity index (χ0v) is 19.0. The first-order valence-electron chi connectivity index (χ1n) is 8.73. The summed E-state index contributed by atoms with van der Waals surface area (Å²) >= 11 is 0. The van der Waals surface area contributed by atoms with E-state index in [1.807, 2.05) is 0 Å². The van der Waals surface area contributed by atoms with Crippen molar-refractivity contribution in [3.8, 4) is 11.5 Å². The van der Waals surface area contributed by atoms with Crippen LogP contribution in [0.1, 0.15) is 0 Å². The van der Waals surface area contributed by atoms with Crippen molar-refractivity contribution in [2.45, 2.75) is 9.79 Å². The van der Waals surface area contributed by atoms with Crippen LogP contribution in [0.25, 0.3) is 0 Å². The first-order valence-corrected chi connectivity index (χ1v) is 13.0. The molecule has 3 aromatic carbocycles. The first-order chi connectivity index (χ1) is 14.6. The largest absolute Gasteiger partial charge is 0.496 e. The molecule has 11 heteroatoms. The zero-order valence-electron chi connectivity index (χ0n) is 16.5. The fraction of sp³-hybridized carbons (Fsp3) is 0.100. The van der Waals surface area contributed by atoms with Crippen molar-refractivity contribution in [2.75, 3.05) is 14.2 Å². The lowest BCUT2D eigenvalue weighted by molar-refractivity contribution is 0.417. The molecule has 0 aliphatic rings. The quantitative estimate of drug-likeness (QED) is 0.387. The number of benzene rings is 3. The summed E-state index contributed by atoms with van der Waals surface area (Å²) in [6.07, 6.45) is 0. The van der Waals surface area contributed by atoms with E-state index in [0.717, 1.165) is 6.07 Å². The molecule has 3 aromatic rings. The van der Waals surface area contributed by atoms with E-state index < -0.39 is 37.9 Å². The molecule has 0 atom stereocenters. The van der Waals surface area contributed by atoms with Gasteiger partial charge in [0.15, 0.2) is 0 Å². The van der Waals surface area contributed by atoms with Gasteiger partial charge in [-0.05, 0) is 26.1 Å². The van der Waals surface area contributed by atoms with E-state index in [4.69, 9.17) is 9.47 Å². The van der Waals surface area contributed by atoms with E-state index in [1.54, 1.807) is 48.5 Å². The highest BCUT2D eigenvalue weighted by Crippen LogP contribution is 2.42. The van der Waals surface area contributed by atoms with Crippen molar-refractivity contribution in [3.05, 3.63) is 66.7 Å². The van der Waals surface area contributed by atoms with Gasteiger partial charge in [0.05, 0.1) is 14.2 Å². The Labute approximate surface area is 181 Å². The van der Waals surface area contributed by atoms with Crippen LogP contribution in [0.5, 0.6) is 11.5 Å². The summed E-state index contributed by atoms with van der Waals surface area (Å²) in [6.45, 7) is 0. The van der Waals surface area contributed by atoms with Gasteiger partial charge in [0.1, 0.15) is 21.3 Å². The van der Waals surface area contributed by atoms with E-state index >= 15 is 0 Å². The van der Waals surface area contributed by atoms with Crippen LogP contribution in [0.4, 0.5) is 0 Å². The molecule has 0 aliphatic carbocycles. The molecule has 0 amide bonds. The van der Waals surface area contributed by atoms with Crippen LogP contribution in [0.3, 0.4) is 0 Å². The Morgan fingerprint density at radius 1 is 0.645 bits per heavy atom. The second-order valence-corrected chi connectivity index (χ2v) is 11.1. The third-order valence-electron chi connectivity index (χ3n) is 4.39. The standard InChI is InChI=1S/C20H19O8PS2/c1-27-14-8-3-5-10-16(14)29(17-11-6-4-9-15(17)28-2)18-12-7-13-19(30(21,22)23)20(18)31(24,25)26/h3-13H,1-2H3,(H,21,22,23)(H,24,25,26). The number of hydrogen-bond donors (Lipinski definition) is 2. The predicted molar refractivity (Wildman–Crippen MR) is 118 cm³/mol. The van der Waals surface area contributed by atoms with Gasteiger partial charge >= 0.3 is 0 Å². The molecule has 0 unspecified atom stereocenters. The number of hydrogen-bond acceptors (Lipinski definition) is 6. The lowest BCUT2D eigenvalue weighted by Crippen LogP contribution is -2.28. The Kier molecular flexibility index (Phi) is 6.68. The first kappa shape index (κ1) is 23.2. The van der Waals surface area contributed by atoms with E-state index in [9.17, 15) is 25.9 Å². The Bertz CT molecular complexity index is 1270. The Hall–Kier alpha value is -2.49. The van der Waals surface area contributed by atoms with Gasteiger partial charge in [0, 0.05) is 15.9 Å². The molecule has 8 nitrogen and oxygen atoms in total. The minimum absolute atomic E-state index is 0.0124. The molecule has 3 rings (SSSR count). The average molecular weight is 482 g/mol. The van der Waals surface area contributed by atoms with Gasteiger partial charge in [-0.2, -0.15) is 16.8 Å². The van der Waals surface area contributed by atoms with Crippen molar-refractivity contribution < 1.29 is 35.4 Å². The van der Waals surface area contributed by atoms with E-state index in [2.05, 4.69) is 0 Å². The maximum absolute atomic E-state index is 12.3. The molecule has 0 fully saturated rings. The summed E-state index contributed by atoms with van der Waals surface area (Å²) in [5.41, 5.74) is 0. The summed E-state index contributed by atoms with van der Waals surface area (Å²) in [5.74, 6) is 0.858. The number of methoxy groups -OCH3 is 2. The fourth-order valence-corrected chi connectivity index (χ4v) is 8.32. The molecule has 0 heterocycles. The predicted octanol–water partition coefficient (Wildman–Crippen LogP) is 1.96. The van der Waals surface area contributed by atoms with E-state index in [1.165, 1.54) is 26.4 Å². The zero-order chi connectivity index (χ0) is 22.8. The maximum Gasteiger partial charge on any atom is 0.296 e. The summed E-state index contributed by atoms with van der Waals surface area (Å²) in [5, 5.41) is 1.10. The highest BCUT2D eigenvalue weighted by atomic mass is 32.2. The molecule has 0 saturated carbocycles. The SMILES string of the molecule is COc1ccccc1P(c1ccccc1OC)c1cccc(S(=O)(=O)O)c1S(=O)(=O)O. The van der Waals surface area contributed by atoms with Crippen molar-refractivity contribution in [3.63, 3.8) is 0 Å². The molecule has 0 aromatic heterocycles. The van der Waals surface area contributed by atoms with Gasteiger partial charge in [0.2, 0.25) is 0 Å². The third kappa shape index (κ3) is 4.73. The van der Waals surface area contributed by atoms with Crippen molar-refractivity contribution in [2.24, 2.45) is 0 Å². The minimum atomic E-state index is -5.05. The molecular weight excluding hydrogens is 463 g/mol. The molecule has 2 N–H and O–H groups in total. The van der Waals surface area contributed by atoms with Crippen molar-refractivity contribution in [1.82, 2.24) is 0 Å². The van der Waals surface area contributed by atoms with Crippen LogP contribution >= 0.6 is 7.92 Å². The van der Waals surface area contributed by atoms with Gasteiger partial charge in [-0.3, -0.25) is 9.11 Å². The van der Waals surface area contributed by atoms with Crippen LogP contribution < -0.4 is 25.4 Å². The topological polar surface area (TPSA) is 127 Å². The molecule has 0 spiro atoms. The van der Waals surface area contributed by atoms with Crippen LogP contribution in [0, 0.1) is 0 Å². The van der Waals surface area contributed by atoms with Crippen LogP contribution in [0.2, 0.25) is 0 Å². The van der Waals surface area contributed by atoms with E-state index in [-0.39, 0.29) is 5.30 Å². The summed E-state index contributed by atoms with van der Waals surface area (Å²) < 4.78 is 79.0.